The van der Waals surface area contributed by atoms with Crippen molar-refractivity contribution < 1.29 is 9.53 Å². The molecule has 0 atom stereocenters. The molecule has 0 aliphatic carbocycles. The van der Waals surface area contributed by atoms with Crippen molar-refractivity contribution in [3.05, 3.63) is 60.7 Å². The Balaban J connectivity index is 2.30. The molecule has 0 bridgehead atoms. The van der Waals surface area contributed by atoms with Crippen LogP contribution in [0.15, 0.2) is 75.9 Å². The van der Waals surface area contributed by atoms with Gasteiger partial charge in [-0.15, -0.1) is 10.2 Å². The van der Waals surface area contributed by atoms with E-state index in [0.717, 1.165) is 0 Å². The molecule has 0 aliphatic heterocycles. The number of aliphatic imine (C=N–C) groups is 1. The first kappa shape index (κ1) is 16.5. The van der Waals surface area contributed by atoms with Gasteiger partial charge in [0.1, 0.15) is 5.60 Å². The number of benzene rings is 2. The van der Waals surface area contributed by atoms with Crippen molar-refractivity contribution >= 4 is 23.2 Å². The summed E-state index contributed by atoms with van der Waals surface area (Å²) in [4.78, 5) is 16.5. The van der Waals surface area contributed by atoms with E-state index in [-0.39, 0.29) is 5.84 Å². The standard InChI is InChI=1S/C18H19N3O2/c1-18(2,3)23-17(22)16(19-14-10-6-4-7-11-14)21-20-15-12-8-5-9-13-15/h4-13H,1-3H3. The van der Waals surface area contributed by atoms with Crippen molar-refractivity contribution in [1.29, 1.82) is 0 Å². The molecule has 0 spiro atoms. The van der Waals surface area contributed by atoms with E-state index in [4.69, 9.17) is 4.74 Å². The minimum atomic E-state index is -0.628. The van der Waals surface area contributed by atoms with Gasteiger partial charge in [0.25, 0.3) is 5.84 Å². The zero-order chi connectivity index (χ0) is 16.7. The molecule has 118 valence electrons. The lowest BCUT2D eigenvalue weighted by molar-refractivity contribution is -0.146. The van der Waals surface area contributed by atoms with Gasteiger partial charge in [-0.1, -0.05) is 36.4 Å². The number of hydrogen-bond acceptors (Lipinski definition) is 4. The van der Waals surface area contributed by atoms with Gasteiger partial charge in [0.2, 0.25) is 0 Å². The van der Waals surface area contributed by atoms with Gasteiger partial charge in [-0.3, -0.25) is 0 Å². The SMILES string of the molecule is CC(C)(C)OC(=O)C(N=Nc1ccccc1)=Nc1ccccc1. The average molecular weight is 309 g/mol. The Hall–Kier alpha value is -2.82. The van der Waals surface area contributed by atoms with Crippen LogP contribution in [-0.2, 0) is 9.53 Å². The summed E-state index contributed by atoms with van der Waals surface area (Å²) in [5.74, 6) is -0.698. The van der Waals surface area contributed by atoms with E-state index in [0.29, 0.717) is 11.4 Å². The van der Waals surface area contributed by atoms with Gasteiger partial charge in [-0.05, 0) is 45.0 Å². The van der Waals surface area contributed by atoms with Crippen LogP contribution in [0.2, 0.25) is 0 Å². The predicted molar refractivity (Wildman–Crippen MR) is 90.3 cm³/mol. The maximum atomic E-state index is 12.3. The van der Waals surface area contributed by atoms with Crippen molar-refractivity contribution in [2.45, 2.75) is 26.4 Å². The first-order valence-corrected chi connectivity index (χ1v) is 7.28. The maximum Gasteiger partial charge on any atom is 0.378 e. The van der Waals surface area contributed by atoms with E-state index in [1.165, 1.54) is 0 Å². The Labute approximate surface area is 135 Å². The zero-order valence-electron chi connectivity index (χ0n) is 13.4. The monoisotopic (exact) mass is 309 g/mol. The quantitative estimate of drug-likeness (QED) is 0.345. The van der Waals surface area contributed by atoms with Crippen molar-refractivity contribution in [3.63, 3.8) is 0 Å². The molecule has 0 heterocycles. The number of hydrogen-bond donors (Lipinski definition) is 0. The highest BCUT2D eigenvalue weighted by Crippen LogP contribution is 2.16. The number of rotatable bonds is 2. The molecule has 2 rings (SSSR count). The highest BCUT2D eigenvalue weighted by Gasteiger charge is 2.21. The second kappa shape index (κ2) is 7.45. The van der Waals surface area contributed by atoms with Crippen LogP contribution in [0.4, 0.5) is 11.4 Å². The number of azo groups is 1. The highest BCUT2D eigenvalue weighted by molar-refractivity contribution is 6.36. The van der Waals surface area contributed by atoms with Crippen molar-refractivity contribution in [2.75, 3.05) is 0 Å². The van der Waals surface area contributed by atoms with Gasteiger partial charge >= 0.3 is 5.97 Å². The van der Waals surface area contributed by atoms with Crippen molar-refractivity contribution in [1.82, 2.24) is 0 Å². The lowest BCUT2D eigenvalue weighted by atomic mass is 10.2. The molecule has 0 aromatic heterocycles. The summed E-state index contributed by atoms with van der Waals surface area (Å²) in [6.45, 7) is 5.37. The summed E-state index contributed by atoms with van der Waals surface area (Å²) in [6.07, 6.45) is 0. The molecule has 0 saturated heterocycles. The van der Waals surface area contributed by atoms with Crippen LogP contribution >= 0.6 is 0 Å². The van der Waals surface area contributed by atoms with E-state index in [2.05, 4.69) is 15.2 Å². The molecular weight excluding hydrogens is 290 g/mol. The number of esters is 1. The molecule has 0 saturated carbocycles. The predicted octanol–water partition coefficient (Wildman–Crippen LogP) is 4.84. The summed E-state index contributed by atoms with van der Waals surface area (Å²) in [7, 11) is 0. The molecular formula is C18H19N3O2. The van der Waals surface area contributed by atoms with Gasteiger partial charge in [-0.2, -0.15) is 0 Å². The molecule has 0 radical (unpaired) electrons. The third-order valence-electron chi connectivity index (χ3n) is 2.59. The number of amidine groups is 1. The van der Waals surface area contributed by atoms with Gasteiger partial charge in [0.05, 0.1) is 11.4 Å². The second-order valence-corrected chi connectivity index (χ2v) is 5.81. The van der Waals surface area contributed by atoms with Crippen LogP contribution in [0.1, 0.15) is 20.8 Å². The van der Waals surface area contributed by atoms with Crippen LogP contribution in [0.5, 0.6) is 0 Å². The number of carbonyl (C=O) groups is 1. The largest absolute Gasteiger partial charge is 0.454 e. The van der Waals surface area contributed by atoms with Crippen molar-refractivity contribution in [2.24, 2.45) is 15.2 Å². The summed E-state index contributed by atoms with van der Waals surface area (Å²) < 4.78 is 5.34. The average Bonchev–Trinajstić information content (AvgIpc) is 2.51. The fraction of sp³-hybridized carbons (Fsp3) is 0.222. The van der Waals surface area contributed by atoms with Crippen LogP contribution < -0.4 is 0 Å². The van der Waals surface area contributed by atoms with Gasteiger partial charge in [-0.25, -0.2) is 9.79 Å². The number of nitrogens with zero attached hydrogens (tertiary/aromatic N) is 3. The normalized spacial score (nSPS) is 12.4. The molecule has 2 aromatic rings. The van der Waals surface area contributed by atoms with E-state index < -0.39 is 11.6 Å². The topological polar surface area (TPSA) is 63.4 Å². The fourth-order valence-corrected chi connectivity index (χ4v) is 1.66. The molecule has 0 N–H and O–H groups in total. The molecule has 0 amide bonds. The van der Waals surface area contributed by atoms with Gasteiger partial charge in [0, 0.05) is 0 Å². The summed E-state index contributed by atoms with van der Waals surface area (Å²) in [5.41, 5.74) is 0.619. The zero-order valence-corrected chi connectivity index (χ0v) is 13.4. The minimum absolute atomic E-state index is 0.0880. The summed E-state index contributed by atoms with van der Waals surface area (Å²) in [6, 6.07) is 18.2. The minimum Gasteiger partial charge on any atom is -0.454 e. The molecule has 2 aromatic carbocycles. The summed E-state index contributed by atoms with van der Waals surface area (Å²) in [5, 5.41) is 8.02. The van der Waals surface area contributed by atoms with Gasteiger partial charge < -0.3 is 4.74 Å². The third-order valence-corrected chi connectivity index (χ3v) is 2.59. The molecule has 0 unspecified atom stereocenters. The highest BCUT2D eigenvalue weighted by atomic mass is 16.6. The van der Waals surface area contributed by atoms with E-state index in [1.807, 2.05) is 36.4 Å². The Morgan fingerprint density at radius 2 is 1.39 bits per heavy atom. The van der Waals surface area contributed by atoms with Crippen molar-refractivity contribution in [3.8, 4) is 0 Å². The third kappa shape index (κ3) is 5.82. The molecule has 5 heteroatoms. The van der Waals surface area contributed by atoms with Crippen LogP contribution in [0.25, 0.3) is 0 Å². The van der Waals surface area contributed by atoms with Crippen LogP contribution in [-0.4, -0.2) is 17.4 Å². The Kier molecular flexibility index (Phi) is 5.36. The number of ether oxygens (including phenoxy) is 1. The first-order valence-electron chi connectivity index (χ1n) is 7.28. The summed E-state index contributed by atoms with van der Waals surface area (Å²) >= 11 is 0. The smallest absolute Gasteiger partial charge is 0.378 e. The molecule has 0 fully saturated rings. The Morgan fingerprint density at radius 3 is 1.91 bits per heavy atom. The number of carbonyl (C=O) groups excluding carboxylic acids is 1. The second-order valence-electron chi connectivity index (χ2n) is 5.81. The lowest BCUT2D eigenvalue weighted by Crippen LogP contribution is -2.28. The lowest BCUT2D eigenvalue weighted by Gasteiger charge is -2.18. The Bertz CT molecular complexity index is 702. The Morgan fingerprint density at radius 1 is 0.870 bits per heavy atom. The van der Waals surface area contributed by atoms with Crippen LogP contribution in [0, 0.1) is 0 Å². The van der Waals surface area contributed by atoms with E-state index >= 15 is 0 Å². The fourth-order valence-electron chi connectivity index (χ4n) is 1.66. The van der Waals surface area contributed by atoms with Gasteiger partial charge in [0.15, 0.2) is 0 Å². The van der Waals surface area contributed by atoms with E-state index in [9.17, 15) is 4.79 Å². The molecule has 23 heavy (non-hydrogen) atoms. The first-order chi connectivity index (χ1) is 10.9. The molecule has 0 aliphatic rings. The van der Waals surface area contributed by atoms with Crippen LogP contribution in [0.3, 0.4) is 0 Å². The maximum absolute atomic E-state index is 12.3. The van der Waals surface area contributed by atoms with E-state index in [1.54, 1.807) is 45.0 Å². The molecule has 5 nitrogen and oxygen atoms in total. The number of para-hydroxylation sites is 1.